The van der Waals surface area contributed by atoms with Crippen LogP contribution in [-0.2, 0) is 0 Å². The van der Waals surface area contributed by atoms with Gasteiger partial charge in [0.25, 0.3) is 0 Å². The molecule has 0 heterocycles. The van der Waals surface area contributed by atoms with Gasteiger partial charge in [0.15, 0.2) is 0 Å². The summed E-state index contributed by atoms with van der Waals surface area (Å²) in [4.78, 5) is 2.57. The van der Waals surface area contributed by atoms with E-state index in [0.29, 0.717) is 6.04 Å². The first-order valence-corrected chi connectivity index (χ1v) is 7.36. The number of methoxy groups -OCH3 is 1. The monoisotopic (exact) mass is 262 g/mol. The number of likely N-dealkylation sites (N-methyl/N-ethyl adjacent to an activating group) is 1. The van der Waals surface area contributed by atoms with Crippen LogP contribution in [0.4, 0.5) is 0 Å². The second kappa shape index (κ2) is 6.40. The Morgan fingerprint density at radius 2 is 1.89 bits per heavy atom. The molecule has 2 unspecified atom stereocenters. The largest absolute Gasteiger partial charge is 0.497 e. The first-order valence-electron chi connectivity index (χ1n) is 7.36. The van der Waals surface area contributed by atoms with Crippen molar-refractivity contribution in [3.05, 3.63) is 29.8 Å². The number of ether oxygens (including phenoxy) is 1. The number of rotatable bonds is 7. The lowest BCUT2D eigenvalue weighted by molar-refractivity contribution is 0.168. The Morgan fingerprint density at radius 3 is 2.32 bits per heavy atom. The molecule has 1 aromatic rings. The smallest absolute Gasteiger partial charge is 0.118 e. The zero-order chi connectivity index (χ0) is 13.8. The molecule has 0 aliphatic heterocycles. The quantitative estimate of drug-likeness (QED) is 0.821. The summed E-state index contributed by atoms with van der Waals surface area (Å²) in [6, 6.07) is 9.63. The van der Waals surface area contributed by atoms with Gasteiger partial charge in [-0.2, -0.15) is 0 Å². The minimum atomic E-state index is 0.189. The minimum Gasteiger partial charge on any atom is -0.497 e. The van der Waals surface area contributed by atoms with Crippen molar-refractivity contribution in [2.24, 2.45) is 5.73 Å². The average molecular weight is 262 g/mol. The van der Waals surface area contributed by atoms with Crippen molar-refractivity contribution in [2.75, 3.05) is 13.7 Å². The zero-order valence-electron chi connectivity index (χ0n) is 12.3. The van der Waals surface area contributed by atoms with Gasteiger partial charge in [0.05, 0.1) is 13.2 Å². The highest BCUT2D eigenvalue weighted by Gasteiger charge is 2.35. The van der Waals surface area contributed by atoms with E-state index >= 15 is 0 Å². The van der Waals surface area contributed by atoms with Gasteiger partial charge in [-0.25, -0.2) is 0 Å². The summed E-state index contributed by atoms with van der Waals surface area (Å²) in [5.41, 5.74) is 7.70. The van der Waals surface area contributed by atoms with Crippen molar-refractivity contribution in [2.45, 2.75) is 51.2 Å². The van der Waals surface area contributed by atoms with Crippen LogP contribution in [0.25, 0.3) is 0 Å². The van der Waals surface area contributed by atoms with Gasteiger partial charge >= 0.3 is 0 Å². The average Bonchev–Trinajstić information content (AvgIpc) is 3.28. The second-order valence-electron chi connectivity index (χ2n) is 5.35. The molecule has 2 N–H and O–H groups in total. The van der Waals surface area contributed by atoms with E-state index in [1.165, 1.54) is 18.4 Å². The van der Waals surface area contributed by atoms with Crippen molar-refractivity contribution in [3.8, 4) is 5.75 Å². The highest BCUT2D eigenvalue weighted by Crippen LogP contribution is 2.36. The Labute approximate surface area is 116 Å². The predicted molar refractivity (Wildman–Crippen MR) is 79.4 cm³/mol. The third kappa shape index (κ3) is 3.28. The van der Waals surface area contributed by atoms with Gasteiger partial charge in [-0.1, -0.05) is 26.0 Å². The van der Waals surface area contributed by atoms with E-state index in [9.17, 15) is 0 Å². The topological polar surface area (TPSA) is 38.5 Å². The molecule has 1 saturated carbocycles. The summed E-state index contributed by atoms with van der Waals surface area (Å²) in [6.07, 6.45) is 3.63. The Hall–Kier alpha value is -1.06. The predicted octanol–water partition coefficient (Wildman–Crippen LogP) is 2.96. The highest BCUT2D eigenvalue weighted by atomic mass is 16.5. The van der Waals surface area contributed by atoms with E-state index in [2.05, 4.69) is 30.9 Å². The molecule has 0 bridgehead atoms. The third-order valence-electron chi connectivity index (χ3n) is 4.07. The van der Waals surface area contributed by atoms with Crippen molar-refractivity contribution in [3.63, 3.8) is 0 Å². The van der Waals surface area contributed by atoms with Crippen LogP contribution < -0.4 is 10.5 Å². The van der Waals surface area contributed by atoms with Crippen molar-refractivity contribution < 1.29 is 4.74 Å². The molecule has 19 heavy (non-hydrogen) atoms. The molecular weight excluding hydrogens is 236 g/mol. The molecule has 0 spiro atoms. The number of hydrogen-bond donors (Lipinski definition) is 1. The molecule has 2 rings (SSSR count). The van der Waals surface area contributed by atoms with E-state index < -0.39 is 0 Å². The van der Waals surface area contributed by atoms with E-state index in [4.69, 9.17) is 10.5 Å². The first kappa shape index (κ1) is 14.4. The molecule has 0 radical (unpaired) electrons. The second-order valence-corrected chi connectivity index (χ2v) is 5.35. The fourth-order valence-corrected chi connectivity index (χ4v) is 2.80. The molecule has 0 aromatic heterocycles. The molecule has 2 atom stereocenters. The van der Waals surface area contributed by atoms with Gasteiger partial charge in [-0.05, 0) is 43.5 Å². The number of benzene rings is 1. The maximum Gasteiger partial charge on any atom is 0.118 e. The number of nitrogens with two attached hydrogens (primary N) is 1. The van der Waals surface area contributed by atoms with Crippen molar-refractivity contribution in [1.82, 2.24) is 4.90 Å². The van der Waals surface area contributed by atoms with E-state index in [1.807, 2.05) is 12.1 Å². The number of nitrogens with zero attached hydrogens (tertiary/aromatic N) is 1. The minimum absolute atomic E-state index is 0.189. The summed E-state index contributed by atoms with van der Waals surface area (Å²) < 4.78 is 5.24. The fraction of sp³-hybridized carbons (Fsp3) is 0.625. The molecule has 3 nitrogen and oxygen atoms in total. The molecule has 0 amide bonds. The Morgan fingerprint density at radius 1 is 1.26 bits per heavy atom. The van der Waals surface area contributed by atoms with Crippen LogP contribution in [-0.4, -0.2) is 30.6 Å². The van der Waals surface area contributed by atoms with Gasteiger partial charge in [0, 0.05) is 12.1 Å². The summed E-state index contributed by atoms with van der Waals surface area (Å²) in [7, 11) is 1.70. The van der Waals surface area contributed by atoms with E-state index in [-0.39, 0.29) is 6.04 Å². The Balaban J connectivity index is 2.24. The maximum absolute atomic E-state index is 6.39. The number of hydrogen-bond acceptors (Lipinski definition) is 3. The van der Waals surface area contributed by atoms with Crippen LogP contribution in [0.3, 0.4) is 0 Å². The van der Waals surface area contributed by atoms with E-state index in [1.54, 1.807) is 7.11 Å². The van der Waals surface area contributed by atoms with Gasteiger partial charge in [0.2, 0.25) is 0 Å². The summed E-state index contributed by atoms with van der Waals surface area (Å²) in [6.45, 7) is 5.47. The SMILES string of the molecule is CCC(N)C(c1ccc(OC)cc1)N(CC)C1CC1. The molecule has 1 aliphatic carbocycles. The lowest BCUT2D eigenvalue weighted by Gasteiger charge is -2.35. The molecule has 1 fully saturated rings. The summed E-state index contributed by atoms with van der Waals surface area (Å²) >= 11 is 0. The van der Waals surface area contributed by atoms with Crippen LogP contribution in [0.1, 0.15) is 44.7 Å². The standard InChI is InChI=1S/C16H26N2O/c1-4-15(17)16(18(5-2)13-8-9-13)12-6-10-14(19-3)11-7-12/h6-7,10-11,13,15-16H,4-5,8-9,17H2,1-3H3. The first-order chi connectivity index (χ1) is 9.21. The van der Waals surface area contributed by atoms with Crippen LogP contribution >= 0.6 is 0 Å². The Kier molecular flexibility index (Phi) is 4.83. The van der Waals surface area contributed by atoms with E-state index in [0.717, 1.165) is 24.8 Å². The third-order valence-corrected chi connectivity index (χ3v) is 4.07. The Bertz CT molecular complexity index is 386. The molecule has 1 aliphatic rings. The maximum atomic E-state index is 6.39. The van der Waals surface area contributed by atoms with Gasteiger partial charge in [-0.15, -0.1) is 0 Å². The van der Waals surface area contributed by atoms with Crippen molar-refractivity contribution >= 4 is 0 Å². The lowest BCUT2D eigenvalue weighted by Crippen LogP contribution is -2.42. The normalized spacial score (nSPS) is 18.4. The highest BCUT2D eigenvalue weighted by molar-refractivity contribution is 5.30. The molecule has 106 valence electrons. The summed E-state index contributed by atoms with van der Waals surface area (Å²) in [5.74, 6) is 0.905. The van der Waals surface area contributed by atoms with Gasteiger partial charge in [-0.3, -0.25) is 4.90 Å². The van der Waals surface area contributed by atoms with Crippen LogP contribution in [0.2, 0.25) is 0 Å². The van der Waals surface area contributed by atoms with Crippen molar-refractivity contribution in [1.29, 1.82) is 0 Å². The molecule has 3 heteroatoms. The molecular formula is C16H26N2O. The van der Waals surface area contributed by atoms with Gasteiger partial charge < -0.3 is 10.5 Å². The van der Waals surface area contributed by atoms with Crippen LogP contribution in [0.5, 0.6) is 5.75 Å². The van der Waals surface area contributed by atoms with Crippen LogP contribution in [0.15, 0.2) is 24.3 Å². The molecule has 0 saturated heterocycles. The summed E-state index contributed by atoms with van der Waals surface area (Å²) in [5, 5.41) is 0. The van der Waals surface area contributed by atoms with Gasteiger partial charge in [0.1, 0.15) is 5.75 Å². The molecule has 1 aromatic carbocycles. The zero-order valence-corrected chi connectivity index (χ0v) is 12.3. The van der Waals surface area contributed by atoms with Crippen LogP contribution in [0, 0.1) is 0 Å². The fourth-order valence-electron chi connectivity index (χ4n) is 2.80. The lowest BCUT2D eigenvalue weighted by atomic mass is 9.96.